The van der Waals surface area contributed by atoms with Crippen LogP contribution >= 0.6 is 0 Å². The first kappa shape index (κ1) is 20.5. The van der Waals surface area contributed by atoms with E-state index in [1.165, 1.54) is 0 Å². The number of piperazine rings is 1. The molecule has 2 aromatic rings. The minimum atomic E-state index is -1.18. The van der Waals surface area contributed by atoms with Crippen LogP contribution in [0.5, 0.6) is 0 Å². The molecule has 0 aromatic heterocycles. The van der Waals surface area contributed by atoms with Crippen molar-refractivity contribution in [3.63, 3.8) is 0 Å². The van der Waals surface area contributed by atoms with Gasteiger partial charge in [-0.05, 0) is 60.2 Å². The predicted octanol–water partition coefficient (Wildman–Crippen LogP) is 2.59. The highest BCUT2D eigenvalue weighted by Gasteiger charge is 2.45. The number of benzene rings is 2. The smallest absolute Gasteiger partial charge is 0.254 e. The van der Waals surface area contributed by atoms with Crippen molar-refractivity contribution in [1.29, 1.82) is 5.26 Å². The number of anilines is 1. The van der Waals surface area contributed by atoms with Gasteiger partial charge in [-0.2, -0.15) is 5.26 Å². The highest BCUT2D eigenvalue weighted by atomic mass is 16.3. The van der Waals surface area contributed by atoms with Crippen LogP contribution in [0.3, 0.4) is 0 Å². The molecular formula is C25H26N4O3. The van der Waals surface area contributed by atoms with Crippen LogP contribution < -0.4 is 5.32 Å². The lowest BCUT2D eigenvalue weighted by Gasteiger charge is -2.42. The maximum atomic E-state index is 13.0. The maximum absolute atomic E-state index is 13.0. The lowest BCUT2D eigenvalue weighted by Crippen LogP contribution is -2.58. The molecule has 1 saturated carbocycles. The molecule has 2 heterocycles. The van der Waals surface area contributed by atoms with Crippen molar-refractivity contribution in [2.75, 3.05) is 38.0 Å². The minimum Gasteiger partial charge on any atom is -0.383 e. The van der Waals surface area contributed by atoms with E-state index in [4.69, 9.17) is 0 Å². The molecule has 2 amide bonds. The van der Waals surface area contributed by atoms with E-state index in [2.05, 4.69) is 11.4 Å². The Morgan fingerprint density at radius 1 is 1.00 bits per heavy atom. The van der Waals surface area contributed by atoms with E-state index in [0.717, 1.165) is 28.8 Å². The zero-order valence-corrected chi connectivity index (χ0v) is 17.9. The van der Waals surface area contributed by atoms with Gasteiger partial charge in [-0.15, -0.1) is 0 Å². The van der Waals surface area contributed by atoms with Crippen LogP contribution in [-0.4, -0.2) is 65.0 Å². The molecule has 32 heavy (non-hydrogen) atoms. The van der Waals surface area contributed by atoms with Crippen molar-refractivity contribution in [2.24, 2.45) is 0 Å². The summed E-state index contributed by atoms with van der Waals surface area (Å²) in [5.74, 6) is -0.376. The zero-order chi connectivity index (χ0) is 22.3. The third-order valence-corrected chi connectivity index (χ3v) is 6.98. The molecule has 1 aliphatic carbocycles. The zero-order valence-electron chi connectivity index (χ0n) is 17.9. The Bertz CT molecular complexity index is 1090. The molecule has 164 valence electrons. The van der Waals surface area contributed by atoms with Crippen LogP contribution in [0.4, 0.5) is 5.69 Å². The number of hydrogen-bond acceptors (Lipinski definition) is 5. The number of amides is 2. The number of fused-ring (bicyclic) bond motifs is 1. The molecule has 2 N–H and O–H groups in total. The van der Waals surface area contributed by atoms with Crippen LogP contribution in [-0.2, 0) is 4.79 Å². The first-order valence-electron chi connectivity index (χ1n) is 11.2. The van der Waals surface area contributed by atoms with E-state index in [0.29, 0.717) is 51.1 Å². The van der Waals surface area contributed by atoms with E-state index in [1.54, 1.807) is 9.80 Å². The molecule has 3 aliphatic rings. The summed E-state index contributed by atoms with van der Waals surface area (Å²) in [5.41, 5.74) is 3.48. The molecule has 2 aliphatic heterocycles. The summed E-state index contributed by atoms with van der Waals surface area (Å²) in [5, 5.41) is 22.9. The molecule has 1 unspecified atom stereocenters. The van der Waals surface area contributed by atoms with Gasteiger partial charge in [0.2, 0.25) is 0 Å². The monoisotopic (exact) mass is 430 g/mol. The molecule has 0 spiro atoms. The lowest BCUT2D eigenvalue weighted by atomic mass is 9.79. The van der Waals surface area contributed by atoms with Crippen molar-refractivity contribution in [3.8, 4) is 17.2 Å². The fraction of sp³-hybridized carbons (Fsp3) is 0.400. The summed E-state index contributed by atoms with van der Waals surface area (Å²) in [7, 11) is 0. The number of carbonyl (C=O) groups is 2. The number of aliphatic hydroxyl groups is 1. The highest BCUT2D eigenvalue weighted by Crippen LogP contribution is 2.35. The van der Waals surface area contributed by atoms with Crippen molar-refractivity contribution >= 4 is 17.5 Å². The number of nitrogens with zero attached hydrogens (tertiary/aromatic N) is 3. The van der Waals surface area contributed by atoms with Crippen LogP contribution in [0.25, 0.3) is 11.1 Å². The van der Waals surface area contributed by atoms with Gasteiger partial charge in [0, 0.05) is 44.0 Å². The normalized spacial score (nSPS) is 21.2. The average molecular weight is 431 g/mol. The molecule has 2 aromatic carbocycles. The fourth-order valence-corrected chi connectivity index (χ4v) is 4.75. The highest BCUT2D eigenvalue weighted by molar-refractivity contribution is 5.95. The second-order valence-electron chi connectivity index (χ2n) is 8.91. The van der Waals surface area contributed by atoms with Crippen LogP contribution in [0.2, 0.25) is 0 Å². The topological polar surface area (TPSA) is 96.7 Å². The largest absolute Gasteiger partial charge is 0.383 e. The van der Waals surface area contributed by atoms with Gasteiger partial charge in [-0.3, -0.25) is 9.59 Å². The molecule has 1 atom stereocenters. The molecular weight excluding hydrogens is 404 g/mol. The predicted molar refractivity (Wildman–Crippen MR) is 120 cm³/mol. The first-order valence-corrected chi connectivity index (χ1v) is 11.2. The number of nitriles is 1. The van der Waals surface area contributed by atoms with Crippen LogP contribution in [0, 0.1) is 11.3 Å². The second-order valence-corrected chi connectivity index (χ2v) is 8.91. The van der Waals surface area contributed by atoms with Gasteiger partial charge >= 0.3 is 0 Å². The van der Waals surface area contributed by atoms with E-state index < -0.39 is 5.60 Å². The van der Waals surface area contributed by atoms with E-state index in [-0.39, 0.29) is 17.7 Å². The van der Waals surface area contributed by atoms with Crippen molar-refractivity contribution < 1.29 is 14.7 Å². The summed E-state index contributed by atoms with van der Waals surface area (Å²) >= 11 is 0. The Balaban J connectivity index is 1.24. The Morgan fingerprint density at radius 3 is 2.28 bits per heavy atom. The summed E-state index contributed by atoms with van der Waals surface area (Å²) in [6.45, 7) is 2.48. The Hall–Kier alpha value is -3.37. The summed E-state index contributed by atoms with van der Waals surface area (Å²) < 4.78 is 0. The van der Waals surface area contributed by atoms with Crippen LogP contribution in [0.1, 0.15) is 41.1 Å². The van der Waals surface area contributed by atoms with Crippen molar-refractivity contribution in [1.82, 2.24) is 9.80 Å². The van der Waals surface area contributed by atoms with Gasteiger partial charge in [0.1, 0.15) is 5.60 Å². The Labute approximate surface area is 187 Å². The van der Waals surface area contributed by atoms with Crippen molar-refractivity contribution in [2.45, 2.75) is 30.8 Å². The molecule has 5 rings (SSSR count). The quantitative estimate of drug-likeness (QED) is 0.780. The lowest BCUT2D eigenvalue weighted by molar-refractivity contribution is -0.161. The van der Waals surface area contributed by atoms with Gasteiger partial charge in [-0.1, -0.05) is 18.2 Å². The Kier molecular flexibility index (Phi) is 5.10. The number of nitrogens with one attached hydrogen (secondary N) is 1. The van der Waals surface area contributed by atoms with Gasteiger partial charge in [0.25, 0.3) is 11.8 Å². The molecule has 0 radical (unpaired) electrons. The van der Waals surface area contributed by atoms with E-state index in [9.17, 15) is 20.0 Å². The van der Waals surface area contributed by atoms with Crippen molar-refractivity contribution in [3.05, 3.63) is 53.6 Å². The summed E-state index contributed by atoms with van der Waals surface area (Å²) in [6, 6.07) is 15.9. The van der Waals surface area contributed by atoms with Gasteiger partial charge < -0.3 is 20.2 Å². The summed E-state index contributed by atoms with van der Waals surface area (Å²) in [6.07, 6.45) is 1.96. The molecule has 7 heteroatoms. The maximum Gasteiger partial charge on any atom is 0.254 e. The number of hydrogen-bond donors (Lipinski definition) is 2. The third-order valence-electron chi connectivity index (χ3n) is 6.98. The minimum absolute atomic E-state index is 0.0475. The third kappa shape index (κ3) is 3.51. The van der Waals surface area contributed by atoms with Crippen LogP contribution in [0.15, 0.2) is 42.5 Å². The number of carbonyl (C=O) groups excluding carboxylic acids is 2. The second kappa shape index (κ2) is 7.95. The standard InChI is InChI=1S/C25H26N4O3/c26-15-20-16-27-22-7-6-19(14-21(20)22)17-2-4-18(5-3-17)23(30)28-10-12-29(13-11-28)24(31)25(32)8-1-9-25/h2-7,14,20,27,32H,1,8-13,16H2. The van der Waals surface area contributed by atoms with Gasteiger partial charge in [0.05, 0.1) is 12.0 Å². The Morgan fingerprint density at radius 2 is 1.66 bits per heavy atom. The first-order chi connectivity index (χ1) is 15.5. The molecule has 2 fully saturated rings. The average Bonchev–Trinajstić information content (AvgIpc) is 3.24. The molecule has 7 nitrogen and oxygen atoms in total. The SMILES string of the molecule is N#CC1CNc2ccc(-c3ccc(C(=O)N4CCN(C(=O)C5(O)CCC5)CC4)cc3)cc21. The van der Waals surface area contributed by atoms with Gasteiger partial charge in [0.15, 0.2) is 0 Å². The van der Waals surface area contributed by atoms with E-state index in [1.807, 2.05) is 42.5 Å². The fourth-order valence-electron chi connectivity index (χ4n) is 4.75. The van der Waals surface area contributed by atoms with Gasteiger partial charge in [-0.25, -0.2) is 0 Å². The summed E-state index contributed by atoms with van der Waals surface area (Å²) in [4.78, 5) is 28.9. The molecule has 0 bridgehead atoms. The van der Waals surface area contributed by atoms with E-state index >= 15 is 0 Å². The number of rotatable bonds is 3. The molecule has 1 saturated heterocycles.